The van der Waals surface area contributed by atoms with E-state index in [4.69, 9.17) is 33.4 Å². The fraction of sp³-hybridized carbons (Fsp3) is 0.312. The van der Waals surface area contributed by atoms with Gasteiger partial charge in [-0.1, -0.05) is 29.3 Å². The average molecular weight is 376 g/mol. The number of hydrogen-bond donors (Lipinski definition) is 1. The van der Waals surface area contributed by atoms with Crippen molar-refractivity contribution in [2.75, 3.05) is 0 Å². The van der Waals surface area contributed by atoms with Crippen LogP contribution < -0.4 is 5.73 Å². The van der Waals surface area contributed by atoms with Crippen molar-refractivity contribution >= 4 is 41.5 Å². The van der Waals surface area contributed by atoms with E-state index in [1.165, 1.54) is 6.26 Å². The summed E-state index contributed by atoms with van der Waals surface area (Å²) in [5.41, 5.74) is 7.01. The first-order valence-electron chi connectivity index (χ1n) is 7.11. The third-order valence-corrected chi connectivity index (χ3v) is 4.43. The summed E-state index contributed by atoms with van der Waals surface area (Å²) in [6.07, 6.45) is 3.51. The molecule has 1 heterocycles. The van der Waals surface area contributed by atoms with Crippen LogP contribution in [0.25, 0.3) is 0 Å². The van der Waals surface area contributed by atoms with Crippen LogP contribution in [0.5, 0.6) is 0 Å². The molecule has 0 spiro atoms. The molecule has 1 aliphatic carbocycles. The van der Waals surface area contributed by atoms with Gasteiger partial charge in [-0.3, -0.25) is 4.79 Å². The number of nitrogens with two attached hydrogens (primary N) is 1. The lowest BCUT2D eigenvalue weighted by molar-refractivity contribution is 0.0729. The van der Waals surface area contributed by atoms with Gasteiger partial charge in [-0.05, 0) is 36.6 Å². The number of carbonyl (C=O) groups excluding carboxylic acids is 1. The standard InChI is InChI=1S/C16H16Cl2N2O2.ClH/c17-14-4-1-10(5-15(14)18)8-20(12-2-3-12)16(21)11-6-13(7-19)22-9-11;/h1,4-6,9,12H,2-3,7-8,19H2;1H. The van der Waals surface area contributed by atoms with Gasteiger partial charge in [-0.25, -0.2) is 0 Å². The molecule has 2 aromatic rings. The summed E-state index contributed by atoms with van der Waals surface area (Å²) >= 11 is 12.0. The van der Waals surface area contributed by atoms with E-state index >= 15 is 0 Å². The number of hydrogen-bond acceptors (Lipinski definition) is 3. The number of carbonyl (C=O) groups is 1. The molecular weight excluding hydrogens is 359 g/mol. The molecule has 0 bridgehead atoms. The zero-order chi connectivity index (χ0) is 15.7. The lowest BCUT2D eigenvalue weighted by Gasteiger charge is -2.22. The van der Waals surface area contributed by atoms with Gasteiger partial charge in [0.1, 0.15) is 12.0 Å². The molecule has 2 N–H and O–H groups in total. The van der Waals surface area contributed by atoms with Gasteiger partial charge >= 0.3 is 0 Å². The van der Waals surface area contributed by atoms with Crippen molar-refractivity contribution in [3.8, 4) is 0 Å². The van der Waals surface area contributed by atoms with Crippen molar-refractivity contribution in [2.24, 2.45) is 5.73 Å². The summed E-state index contributed by atoms with van der Waals surface area (Å²) < 4.78 is 5.26. The Morgan fingerprint density at radius 2 is 2.00 bits per heavy atom. The second-order valence-electron chi connectivity index (χ2n) is 5.42. The first-order chi connectivity index (χ1) is 10.6. The van der Waals surface area contributed by atoms with Crippen LogP contribution in [0.4, 0.5) is 0 Å². The second-order valence-corrected chi connectivity index (χ2v) is 6.23. The number of nitrogens with zero attached hydrogens (tertiary/aromatic N) is 1. The molecular formula is C16H17Cl3N2O2. The minimum absolute atomic E-state index is 0. The predicted octanol–water partition coefficient (Wildman–Crippen LogP) is 4.27. The van der Waals surface area contributed by atoms with E-state index in [-0.39, 0.29) is 30.9 Å². The Kier molecular flexibility index (Phi) is 5.98. The molecule has 7 heteroatoms. The molecule has 1 aliphatic rings. The number of benzene rings is 1. The molecule has 1 fully saturated rings. The third kappa shape index (κ3) is 4.21. The zero-order valence-electron chi connectivity index (χ0n) is 12.3. The van der Waals surface area contributed by atoms with Gasteiger partial charge in [0.2, 0.25) is 0 Å². The van der Waals surface area contributed by atoms with E-state index in [0.717, 1.165) is 18.4 Å². The van der Waals surface area contributed by atoms with Crippen LogP contribution >= 0.6 is 35.6 Å². The van der Waals surface area contributed by atoms with Gasteiger partial charge in [-0.15, -0.1) is 12.4 Å². The summed E-state index contributed by atoms with van der Waals surface area (Å²) in [7, 11) is 0. The van der Waals surface area contributed by atoms with Gasteiger partial charge in [-0.2, -0.15) is 0 Å². The maximum absolute atomic E-state index is 12.7. The van der Waals surface area contributed by atoms with E-state index in [1.54, 1.807) is 18.2 Å². The lowest BCUT2D eigenvalue weighted by atomic mass is 10.2. The maximum atomic E-state index is 12.7. The first kappa shape index (κ1) is 18.1. The number of rotatable bonds is 5. The molecule has 0 radical (unpaired) electrons. The Labute approximate surface area is 150 Å². The molecule has 0 saturated heterocycles. The van der Waals surface area contributed by atoms with E-state index < -0.39 is 0 Å². The number of halogens is 3. The monoisotopic (exact) mass is 374 g/mol. The summed E-state index contributed by atoms with van der Waals surface area (Å²) in [6, 6.07) is 7.41. The highest BCUT2D eigenvalue weighted by Crippen LogP contribution is 2.31. The molecule has 1 saturated carbocycles. The molecule has 0 unspecified atom stereocenters. The highest BCUT2D eigenvalue weighted by atomic mass is 35.5. The molecule has 3 rings (SSSR count). The largest absolute Gasteiger partial charge is 0.467 e. The average Bonchev–Trinajstić information content (AvgIpc) is 3.24. The minimum Gasteiger partial charge on any atom is -0.467 e. The SMILES string of the molecule is Cl.NCc1cc(C(=O)N(Cc2ccc(Cl)c(Cl)c2)C2CC2)co1. The van der Waals surface area contributed by atoms with Gasteiger partial charge in [0.15, 0.2) is 0 Å². The van der Waals surface area contributed by atoms with Crippen LogP contribution in [0.2, 0.25) is 10.0 Å². The second kappa shape index (κ2) is 7.58. The van der Waals surface area contributed by atoms with Crippen LogP contribution in [0.15, 0.2) is 34.9 Å². The Morgan fingerprint density at radius 1 is 1.26 bits per heavy atom. The minimum atomic E-state index is -0.0444. The van der Waals surface area contributed by atoms with Crippen molar-refractivity contribution in [3.05, 3.63) is 57.5 Å². The highest BCUT2D eigenvalue weighted by molar-refractivity contribution is 6.42. The molecule has 1 aromatic carbocycles. The smallest absolute Gasteiger partial charge is 0.257 e. The van der Waals surface area contributed by atoms with E-state index in [0.29, 0.717) is 27.9 Å². The topological polar surface area (TPSA) is 59.5 Å². The fourth-order valence-electron chi connectivity index (χ4n) is 2.35. The van der Waals surface area contributed by atoms with Crippen LogP contribution in [0.1, 0.15) is 34.5 Å². The van der Waals surface area contributed by atoms with Crippen molar-refractivity contribution < 1.29 is 9.21 Å². The van der Waals surface area contributed by atoms with Gasteiger partial charge in [0.05, 0.1) is 22.2 Å². The van der Waals surface area contributed by atoms with Crippen LogP contribution in [-0.4, -0.2) is 16.8 Å². The summed E-state index contributed by atoms with van der Waals surface area (Å²) in [6.45, 7) is 0.785. The summed E-state index contributed by atoms with van der Waals surface area (Å²) in [5.74, 6) is 0.561. The zero-order valence-corrected chi connectivity index (χ0v) is 14.6. The van der Waals surface area contributed by atoms with Crippen molar-refractivity contribution in [2.45, 2.75) is 32.0 Å². The quantitative estimate of drug-likeness (QED) is 0.849. The summed E-state index contributed by atoms with van der Waals surface area (Å²) in [5, 5.41) is 1.01. The molecule has 23 heavy (non-hydrogen) atoms. The van der Waals surface area contributed by atoms with Gasteiger partial charge < -0.3 is 15.1 Å². The van der Waals surface area contributed by atoms with E-state index in [2.05, 4.69) is 0 Å². The van der Waals surface area contributed by atoms with E-state index in [9.17, 15) is 4.79 Å². The van der Waals surface area contributed by atoms with Gasteiger partial charge in [0, 0.05) is 12.6 Å². The number of amides is 1. The normalized spacial score (nSPS) is 13.5. The van der Waals surface area contributed by atoms with Gasteiger partial charge in [0.25, 0.3) is 5.91 Å². The van der Waals surface area contributed by atoms with Crippen molar-refractivity contribution in [1.82, 2.24) is 4.90 Å². The number of furan rings is 1. The molecule has 0 aliphatic heterocycles. The first-order valence-corrected chi connectivity index (χ1v) is 7.86. The molecule has 1 amide bonds. The van der Waals surface area contributed by atoms with Crippen LogP contribution in [0, 0.1) is 0 Å². The Bertz CT molecular complexity index is 698. The molecule has 1 aromatic heterocycles. The Balaban J connectivity index is 0.00000192. The van der Waals surface area contributed by atoms with Crippen LogP contribution in [-0.2, 0) is 13.1 Å². The van der Waals surface area contributed by atoms with Crippen LogP contribution in [0.3, 0.4) is 0 Å². The lowest BCUT2D eigenvalue weighted by Crippen LogP contribution is -2.32. The Morgan fingerprint density at radius 3 is 2.57 bits per heavy atom. The Hall–Kier alpha value is -1.20. The fourth-order valence-corrected chi connectivity index (χ4v) is 2.67. The molecule has 4 nitrogen and oxygen atoms in total. The molecule has 124 valence electrons. The third-order valence-electron chi connectivity index (χ3n) is 3.69. The highest BCUT2D eigenvalue weighted by Gasteiger charge is 2.33. The van der Waals surface area contributed by atoms with Crippen molar-refractivity contribution in [3.63, 3.8) is 0 Å². The predicted molar refractivity (Wildman–Crippen MR) is 93.2 cm³/mol. The van der Waals surface area contributed by atoms with E-state index in [1.807, 2.05) is 11.0 Å². The van der Waals surface area contributed by atoms with Crippen molar-refractivity contribution in [1.29, 1.82) is 0 Å². The molecule has 0 atom stereocenters. The maximum Gasteiger partial charge on any atom is 0.257 e. The summed E-state index contributed by atoms with van der Waals surface area (Å²) in [4.78, 5) is 14.5.